The van der Waals surface area contributed by atoms with Crippen molar-refractivity contribution < 1.29 is 0 Å². The van der Waals surface area contributed by atoms with E-state index in [0.717, 1.165) is 19.0 Å². The van der Waals surface area contributed by atoms with Crippen molar-refractivity contribution in [3.63, 3.8) is 0 Å². The number of anilines is 1. The van der Waals surface area contributed by atoms with Gasteiger partial charge >= 0.3 is 0 Å². The summed E-state index contributed by atoms with van der Waals surface area (Å²) in [5, 5.41) is 3.82. The highest BCUT2D eigenvalue weighted by Gasteiger charge is 2.43. The van der Waals surface area contributed by atoms with E-state index in [0.29, 0.717) is 6.04 Å². The zero-order chi connectivity index (χ0) is 12.8. The van der Waals surface area contributed by atoms with Gasteiger partial charge in [0.1, 0.15) is 0 Å². The number of para-hydroxylation sites is 1. The molecule has 1 N–H and O–H groups in total. The molecule has 2 nitrogen and oxygen atoms in total. The number of nitrogens with one attached hydrogen (secondary N) is 1. The van der Waals surface area contributed by atoms with Crippen LogP contribution in [-0.2, 0) is 6.54 Å². The number of benzene rings is 1. The van der Waals surface area contributed by atoms with E-state index in [9.17, 15) is 0 Å². The Hall–Kier alpha value is -1.02. The fourth-order valence-corrected chi connectivity index (χ4v) is 3.19. The summed E-state index contributed by atoms with van der Waals surface area (Å²) < 4.78 is 0. The lowest BCUT2D eigenvalue weighted by atomic mass is 9.95. The Morgan fingerprint density at radius 3 is 2.67 bits per heavy atom. The number of hydrogen-bond acceptors (Lipinski definition) is 2. The lowest BCUT2D eigenvalue weighted by Gasteiger charge is -2.37. The van der Waals surface area contributed by atoms with Crippen molar-refractivity contribution in [3.8, 4) is 0 Å². The van der Waals surface area contributed by atoms with Crippen molar-refractivity contribution in [2.75, 3.05) is 11.4 Å². The van der Waals surface area contributed by atoms with Gasteiger partial charge in [0.2, 0.25) is 0 Å². The maximum Gasteiger partial charge on any atom is 0.0414 e. The summed E-state index contributed by atoms with van der Waals surface area (Å²) in [5.41, 5.74) is 3.14. The third-order valence-electron chi connectivity index (χ3n) is 4.58. The Bertz CT molecular complexity index is 436. The van der Waals surface area contributed by atoms with Gasteiger partial charge in [-0.1, -0.05) is 18.2 Å². The summed E-state index contributed by atoms with van der Waals surface area (Å²) in [5.74, 6) is 0.869. The molecule has 0 bridgehead atoms. The molecule has 0 amide bonds. The van der Waals surface area contributed by atoms with Crippen molar-refractivity contribution in [2.45, 2.75) is 51.7 Å². The molecule has 1 heterocycles. The Kier molecular flexibility index (Phi) is 2.86. The van der Waals surface area contributed by atoms with E-state index < -0.39 is 0 Å². The molecule has 98 valence electrons. The van der Waals surface area contributed by atoms with Crippen molar-refractivity contribution in [1.29, 1.82) is 0 Å². The highest BCUT2D eigenvalue weighted by molar-refractivity contribution is 5.55. The van der Waals surface area contributed by atoms with Crippen molar-refractivity contribution in [1.82, 2.24) is 5.32 Å². The van der Waals surface area contributed by atoms with E-state index in [1.807, 2.05) is 0 Å². The Morgan fingerprint density at radius 1 is 1.28 bits per heavy atom. The molecule has 1 atom stereocenters. The minimum absolute atomic E-state index is 0.281. The van der Waals surface area contributed by atoms with E-state index in [1.165, 1.54) is 24.1 Å². The predicted molar refractivity (Wildman–Crippen MR) is 76.9 cm³/mol. The summed E-state index contributed by atoms with van der Waals surface area (Å²) in [6, 6.07) is 9.41. The van der Waals surface area contributed by atoms with Crippen LogP contribution < -0.4 is 10.2 Å². The molecule has 0 saturated heterocycles. The van der Waals surface area contributed by atoms with Crippen LogP contribution in [0.2, 0.25) is 0 Å². The summed E-state index contributed by atoms with van der Waals surface area (Å²) in [6.45, 7) is 9.15. The lowest BCUT2D eigenvalue weighted by molar-refractivity contribution is 0.312. The quantitative estimate of drug-likeness (QED) is 0.859. The van der Waals surface area contributed by atoms with Gasteiger partial charge in [-0.3, -0.25) is 0 Å². The van der Waals surface area contributed by atoms with E-state index in [1.54, 1.807) is 0 Å². The van der Waals surface area contributed by atoms with Crippen LogP contribution in [0, 0.1) is 5.92 Å². The number of hydrogen-bond donors (Lipinski definition) is 1. The van der Waals surface area contributed by atoms with Crippen LogP contribution in [0.4, 0.5) is 5.69 Å². The van der Waals surface area contributed by atoms with Crippen LogP contribution in [-0.4, -0.2) is 18.1 Å². The molecule has 2 aliphatic rings. The third-order valence-corrected chi connectivity index (χ3v) is 4.58. The first-order chi connectivity index (χ1) is 8.60. The molecule has 0 aromatic heterocycles. The number of fused-ring (bicyclic) bond motifs is 1. The molecular formula is C16H24N2. The summed E-state index contributed by atoms with van der Waals surface area (Å²) in [4.78, 5) is 2.58. The van der Waals surface area contributed by atoms with Gasteiger partial charge in [0.15, 0.2) is 0 Å². The highest BCUT2D eigenvalue weighted by atomic mass is 15.2. The number of nitrogens with zero attached hydrogens (tertiary/aromatic N) is 1. The topological polar surface area (TPSA) is 15.3 Å². The average molecular weight is 244 g/mol. The first-order valence-corrected chi connectivity index (χ1v) is 7.20. The van der Waals surface area contributed by atoms with E-state index >= 15 is 0 Å². The van der Waals surface area contributed by atoms with Crippen molar-refractivity contribution in [2.24, 2.45) is 5.92 Å². The van der Waals surface area contributed by atoms with E-state index in [-0.39, 0.29) is 5.54 Å². The lowest BCUT2D eigenvalue weighted by Crippen LogP contribution is -2.52. The molecular weight excluding hydrogens is 220 g/mol. The standard InChI is InChI=1S/C16H24N2/c1-12(2)18-11-16(3,14-8-9-14)17-10-13-6-4-5-7-15(13)18/h4-7,12,14,17H,8-11H2,1-3H3. The number of rotatable bonds is 2. The summed E-state index contributed by atoms with van der Waals surface area (Å²) in [7, 11) is 0. The van der Waals surface area contributed by atoms with Crippen molar-refractivity contribution in [3.05, 3.63) is 29.8 Å². The minimum Gasteiger partial charge on any atom is -0.367 e. The van der Waals surface area contributed by atoms with Crippen LogP contribution in [0.1, 0.15) is 39.2 Å². The molecule has 1 aromatic rings. The SMILES string of the molecule is CC(C)N1CC(C)(C2CC2)NCc2ccccc21. The zero-order valence-electron chi connectivity index (χ0n) is 11.7. The van der Waals surface area contributed by atoms with Crippen LogP contribution in [0.3, 0.4) is 0 Å². The second-order valence-electron chi connectivity index (χ2n) is 6.40. The second-order valence-corrected chi connectivity index (χ2v) is 6.40. The molecule has 18 heavy (non-hydrogen) atoms. The van der Waals surface area contributed by atoms with Gasteiger partial charge in [0, 0.05) is 30.4 Å². The monoisotopic (exact) mass is 244 g/mol. The molecule has 1 unspecified atom stereocenters. The largest absolute Gasteiger partial charge is 0.367 e. The van der Waals surface area contributed by atoms with Gasteiger partial charge in [0.05, 0.1) is 0 Å². The molecule has 1 aliphatic heterocycles. The second kappa shape index (κ2) is 4.27. The third kappa shape index (κ3) is 2.03. The molecule has 1 aliphatic carbocycles. The van der Waals surface area contributed by atoms with Crippen LogP contribution in [0.25, 0.3) is 0 Å². The van der Waals surface area contributed by atoms with Crippen LogP contribution in [0.5, 0.6) is 0 Å². The molecule has 0 spiro atoms. The molecule has 1 aromatic carbocycles. The fourth-order valence-electron chi connectivity index (χ4n) is 3.19. The molecule has 1 saturated carbocycles. The maximum absolute atomic E-state index is 3.82. The fraction of sp³-hybridized carbons (Fsp3) is 0.625. The van der Waals surface area contributed by atoms with Crippen LogP contribution >= 0.6 is 0 Å². The van der Waals surface area contributed by atoms with Crippen LogP contribution in [0.15, 0.2) is 24.3 Å². The average Bonchev–Trinajstić information content (AvgIpc) is 3.17. The maximum atomic E-state index is 3.82. The first-order valence-electron chi connectivity index (χ1n) is 7.20. The van der Waals surface area contributed by atoms with Gasteiger partial charge in [0.25, 0.3) is 0 Å². The molecule has 3 rings (SSSR count). The van der Waals surface area contributed by atoms with Crippen molar-refractivity contribution >= 4 is 5.69 Å². The Morgan fingerprint density at radius 2 is 2.00 bits per heavy atom. The summed E-state index contributed by atoms with van der Waals surface area (Å²) in [6.07, 6.45) is 2.79. The van der Waals surface area contributed by atoms with Gasteiger partial charge in [-0.05, 0) is 51.2 Å². The van der Waals surface area contributed by atoms with E-state index in [4.69, 9.17) is 0 Å². The minimum atomic E-state index is 0.281. The Balaban J connectivity index is 1.97. The van der Waals surface area contributed by atoms with Gasteiger partial charge in [-0.2, -0.15) is 0 Å². The molecule has 2 heteroatoms. The van der Waals surface area contributed by atoms with Gasteiger partial charge in [-0.15, -0.1) is 0 Å². The predicted octanol–water partition coefficient (Wildman–Crippen LogP) is 3.17. The zero-order valence-corrected chi connectivity index (χ0v) is 11.7. The van der Waals surface area contributed by atoms with Gasteiger partial charge in [-0.25, -0.2) is 0 Å². The molecule has 1 fully saturated rings. The first kappa shape index (κ1) is 12.0. The van der Waals surface area contributed by atoms with Gasteiger partial charge < -0.3 is 10.2 Å². The highest BCUT2D eigenvalue weighted by Crippen LogP contribution is 2.42. The normalized spacial score (nSPS) is 28.1. The molecule has 0 radical (unpaired) electrons. The Labute approximate surface area is 110 Å². The van der Waals surface area contributed by atoms with E-state index in [2.05, 4.69) is 55.3 Å². The smallest absolute Gasteiger partial charge is 0.0414 e. The summed E-state index contributed by atoms with van der Waals surface area (Å²) >= 11 is 0.